The summed E-state index contributed by atoms with van der Waals surface area (Å²) in [6.45, 7) is 19.0. The van der Waals surface area contributed by atoms with Crippen molar-refractivity contribution in [3.05, 3.63) is 0 Å². The highest BCUT2D eigenvalue weighted by molar-refractivity contribution is 5.90. The van der Waals surface area contributed by atoms with Crippen molar-refractivity contribution in [1.82, 2.24) is 9.80 Å². The van der Waals surface area contributed by atoms with Crippen LogP contribution in [-0.2, 0) is 18.9 Å². The van der Waals surface area contributed by atoms with Gasteiger partial charge in [0.25, 0.3) is 0 Å². The normalized spacial score (nSPS) is 12.5. The molecule has 0 unspecified atom stereocenters. The smallest absolute Gasteiger partial charge is 0.419 e. The Balaban J connectivity index is 5.81. The Kier molecular flexibility index (Phi) is 9.58. The molecule has 0 aliphatic heterocycles. The van der Waals surface area contributed by atoms with E-state index in [9.17, 15) is 19.2 Å². The zero-order valence-electron chi connectivity index (χ0n) is 21.6. The summed E-state index contributed by atoms with van der Waals surface area (Å²) >= 11 is 0. The summed E-state index contributed by atoms with van der Waals surface area (Å²) in [5, 5.41) is 0. The summed E-state index contributed by atoms with van der Waals surface area (Å²) in [5.74, 6) is 0. The fourth-order valence-corrected chi connectivity index (χ4v) is 1.98. The zero-order valence-corrected chi connectivity index (χ0v) is 21.6. The first-order valence-corrected chi connectivity index (χ1v) is 10.5. The minimum Gasteiger partial charge on any atom is -0.443 e. The first-order valence-electron chi connectivity index (χ1n) is 10.5. The van der Waals surface area contributed by atoms with Gasteiger partial charge in [0.15, 0.2) is 0 Å². The highest BCUT2D eigenvalue weighted by Gasteiger charge is 2.35. The van der Waals surface area contributed by atoms with E-state index in [4.69, 9.17) is 18.9 Å². The Hall–Kier alpha value is -2.52. The second-order valence-corrected chi connectivity index (χ2v) is 11.2. The Morgan fingerprint density at radius 3 is 0.719 bits per heavy atom. The van der Waals surface area contributed by atoms with Gasteiger partial charge >= 0.3 is 24.4 Å². The van der Waals surface area contributed by atoms with E-state index in [1.54, 1.807) is 83.1 Å². The number of nitrogens with zero attached hydrogens (tertiary/aromatic N) is 2. The molecule has 0 heterocycles. The third kappa shape index (κ3) is 13.0. The van der Waals surface area contributed by atoms with Crippen LogP contribution in [0.1, 0.15) is 83.1 Å². The Labute approximate surface area is 191 Å². The molecule has 0 bridgehead atoms. The van der Waals surface area contributed by atoms with Crippen molar-refractivity contribution in [1.29, 1.82) is 0 Å². The molecule has 0 spiro atoms. The molecule has 0 aromatic heterocycles. The summed E-state index contributed by atoms with van der Waals surface area (Å²) < 4.78 is 21.1. The fourth-order valence-electron chi connectivity index (χ4n) is 1.98. The molecular weight excluding hydrogens is 420 g/mol. The number of hydrogen-bond acceptors (Lipinski definition) is 8. The molecule has 186 valence electrons. The fraction of sp³-hybridized carbons (Fsp3) is 0.818. The lowest BCUT2D eigenvalue weighted by molar-refractivity contribution is -0.0111. The van der Waals surface area contributed by atoms with Crippen LogP contribution in [0.4, 0.5) is 19.2 Å². The van der Waals surface area contributed by atoms with E-state index >= 15 is 0 Å². The van der Waals surface area contributed by atoms with Crippen molar-refractivity contribution in [3.8, 4) is 0 Å². The number of amides is 4. The first-order chi connectivity index (χ1) is 14.0. The molecule has 0 atom stereocenters. The maximum Gasteiger partial charge on any atom is 0.419 e. The molecule has 0 saturated carbocycles. The van der Waals surface area contributed by atoms with Gasteiger partial charge < -0.3 is 18.9 Å². The lowest BCUT2D eigenvalue weighted by Crippen LogP contribution is -2.50. The van der Waals surface area contributed by atoms with E-state index in [1.165, 1.54) is 0 Å². The van der Waals surface area contributed by atoms with Gasteiger partial charge in [-0.25, -0.2) is 29.0 Å². The summed E-state index contributed by atoms with van der Waals surface area (Å²) in [4.78, 5) is 52.0. The zero-order chi connectivity index (χ0) is 25.7. The first kappa shape index (κ1) is 29.5. The van der Waals surface area contributed by atoms with Gasteiger partial charge in [-0.1, -0.05) is 0 Å². The van der Waals surface area contributed by atoms with E-state index in [-0.39, 0.29) is 13.1 Å². The number of rotatable bonds is 3. The molecule has 4 amide bonds. The van der Waals surface area contributed by atoms with E-state index in [0.717, 1.165) is 0 Å². The molecule has 0 aromatic rings. The number of carbonyl (C=O) groups is 4. The standard InChI is InChI=1S/C22H40N2O8/c1-19(2,3)29-15(25)23(16(26)30-20(4,5)6)13-14-24(17(27)31-21(7,8)9)18(28)32-22(10,11)12/h13-14H2,1-12H3. The van der Waals surface area contributed by atoms with Crippen LogP contribution >= 0.6 is 0 Å². The average Bonchev–Trinajstić information content (AvgIpc) is 2.43. The molecular formula is C22H40N2O8. The second kappa shape index (κ2) is 10.4. The molecule has 0 saturated heterocycles. The van der Waals surface area contributed by atoms with E-state index in [0.29, 0.717) is 9.80 Å². The maximum atomic E-state index is 12.6. The maximum absolute atomic E-state index is 12.6. The molecule has 0 aliphatic rings. The Morgan fingerprint density at radius 1 is 0.438 bits per heavy atom. The van der Waals surface area contributed by atoms with Gasteiger partial charge in [-0.2, -0.15) is 0 Å². The molecule has 10 heteroatoms. The number of carbonyl (C=O) groups excluding carboxylic acids is 4. The van der Waals surface area contributed by atoms with Crippen LogP contribution in [-0.4, -0.2) is 69.7 Å². The van der Waals surface area contributed by atoms with E-state index < -0.39 is 46.8 Å². The van der Waals surface area contributed by atoms with Crippen molar-refractivity contribution in [2.45, 2.75) is 105 Å². The van der Waals surface area contributed by atoms with Crippen LogP contribution in [0.5, 0.6) is 0 Å². The molecule has 0 fully saturated rings. The lowest BCUT2D eigenvalue weighted by atomic mass is 10.2. The summed E-state index contributed by atoms with van der Waals surface area (Å²) in [6.07, 6.45) is -3.89. The molecule has 0 aromatic carbocycles. The highest BCUT2D eigenvalue weighted by atomic mass is 16.6. The van der Waals surface area contributed by atoms with Crippen LogP contribution in [0.15, 0.2) is 0 Å². The number of imide groups is 2. The van der Waals surface area contributed by atoms with Gasteiger partial charge in [-0.05, 0) is 83.1 Å². The molecule has 32 heavy (non-hydrogen) atoms. The largest absolute Gasteiger partial charge is 0.443 e. The van der Waals surface area contributed by atoms with Crippen molar-refractivity contribution in [3.63, 3.8) is 0 Å². The van der Waals surface area contributed by atoms with Gasteiger partial charge in [-0.3, -0.25) is 0 Å². The molecule has 0 rings (SSSR count). The topological polar surface area (TPSA) is 112 Å². The third-order valence-corrected chi connectivity index (χ3v) is 3.00. The Morgan fingerprint density at radius 2 is 0.594 bits per heavy atom. The van der Waals surface area contributed by atoms with Crippen LogP contribution < -0.4 is 0 Å². The summed E-state index contributed by atoms with van der Waals surface area (Å²) in [5.41, 5.74) is -3.53. The monoisotopic (exact) mass is 460 g/mol. The minimum absolute atomic E-state index is 0.387. The Bertz CT molecular complexity index is 575. The van der Waals surface area contributed by atoms with Gasteiger partial charge in [0.05, 0.1) is 13.1 Å². The third-order valence-electron chi connectivity index (χ3n) is 3.00. The van der Waals surface area contributed by atoms with Gasteiger partial charge in [-0.15, -0.1) is 0 Å². The SMILES string of the molecule is CC(C)(C)OC(=O)N(CCN(C(=O)OC(C)(C)C)C(=O)OC(C)(C)C)C(=O)OC(C)(C)C. The van der Waals surface area contributed by atoms with Crippen molar-refractivity contribution in [2.24, 2.45) is 0 Å². The summed E-state index contributed by atoms with van der Waals surface area (Å²) in [6, 6.07) is 0. The highest BCUT2D eigenvalue weighted by Crippen LogP contribution is 2.17. The van der Waals surface area contributed by atoms with Gasteiger partial charge in [0.2, 0.25) is 0 Å². The van der Waals surface area contributed by atoms with Crippen LogP contribution in [0.2, 0.25) is 0 Å². The predicted molar refractivity (Wildman–Crippen MR) is 118 cm³/mol. The number of hydrogen-bond donors (Lipinski definition) is 0. The molecule has 10 nitrogen and oxygen atoms in total. The molecule has 0 radical (unpaired) electrons. The quantitative estimate of drug-likeness (QED) is 0.519. The van der Waals surface area contributed by atoms with Crippen LogP contribution in [0, 0.1) is 0 Å². The van der Waals surface area contributed by atoms with E-state index in [2.05, 4.69) is 0 Å². The van der Waals surface area contributed by atoms with Crippen molar-refractivity contribution < 1.29 is 38.1 Å². The van der Waals surface area contributed by atoms with Crippen LogP contribution in [0.3, 0.4) is 0 Å². The predicted octanol–water partition coefficient (Wildman–Crippen LogP) is 5.33. The van der Waals surface area contributed by atoms with Crippen molar-refractivity contribution in [2.75, 3.05) is 13.1 Å². The van der Waals surface area contributed by atoms with Gasteiger partial charge in [0.1, 0.15) is 22.4 Å². The van der Waals surface area contributed by atoms with Crippen molar-refractivity contribution >= 4 is 24.4 Å². The number of ether oxygens (including phenoxy) is 4. The average molecular weight is 461 g/mol. The van der Waals surface area contributed by atoms with E-state index in [1.807, 2.05) is 0 Å². The van der Waals surface area contributed by atoms with Crippen LogP contribution in [0.25, 0.3) is 0 Å². The minimum atomic E-state index is -0.972. The summed E-state index contributed by atoms with van der Waals surface area (Å²) in [7, 11) is 0. The lowest BCUT2D eigenvalue weighted by Gasteiger charge is -2.31. The molecule has 0 aliphatic carbocycles. The molecule has 0 N–H and O–H groups in total. The van der Waals surface area contributed by atoms with Gasteiger partial charge in [0, 0.05) is 0 Å². The second-order valence-electron chi connectivity index (χ2n) is 11.2.